The molecule has 3 amide bonds. The maximum absolute atomic E-state index is 12.3. The zero-order valence-electron chi connectivity index (χ0n) is 10.2. The number of fused-ring (bicyclic) bond motifs is 1. The summed E-state index contributed by atoms with van der Waals surface area (Å²) < 4.78 is 0. The Bertz CT molecular complexity index is 587. The lowest BCUT2D eigenvalue weighted by molar-refractivity contribution is -0.123. The molecular weight excluding hydrogens is 246 g/mol. The molecule has 1 aromatic carbocycles. The Morgan fingerprint density at radius 3 is 2.63 bits per heavy atom. The second-order valence-electron chi connectivity index (χ2n) is 4.75. The summed E-state index contributed by atoms with van der Waals surface area (Å²) in [6.07, 6.45) is 0.824. The molecule has 6 nitrogen and oxygen atoms in total. The van der Waals surface area contributed by atoms with Gasteiger partial charge in [-0.2, -0.15) is 0 Å². The number of carbonyl (C=O) groups is 3. The normalized spacial score (nSPS) is 22.4. The number of nitrogen functional groups attached to an aromatic ring is 1. The van der Waals surface area contributed by atoms with Gasteiger partial charge in [0.15, 0.2) is 0 Å². The van der Waals surface area contributed by atoms with E-state index >= 15 is 0 Å². The van der Waals surface area contributed by atoms with Crippen molar-refractivity contribution in [3.05, 3.63) is 29.3 Å². The fourth-order valence-corrected chi connectivity index (χ4v) is 2.60. The summed E-state index contributed by atoms with van der Waals surface area (Å²) in [4.78, 5) is 37.0. The molecule has 0 aliphatic carbocycles. The molecular formula is C13H13N3O3. The molecule has 6 heteroatoms. The molecule has 0 radical (unpaired) electrons. The lowest BCUT2D eigenvalue weighted by Gasteiger charge is -2.29. The molecule has 1 saturated heterocycles. The maximum Gasteiger partial charge on any atom is 0.263 e. The highest BCUT2D eigenvalue weighted by Gasteiger charge is 2.41. The second-order valence-corrected chi connectivity index (χ2v) is 4.75. The van der Waals surface area contributed by atoms with Crippen LogP contribution in [0.15, 0.2) is 18.2 Å². The van der Waals surface area contributed by atoms with Crippen LogP contribution >= 0.6 is 0 Å². The molecule has 0 spiro atoms. The van der Waals surface area contributed by atoms with E-state index in [1.54, 1.807) is 18.2 Å². The standard InChI is InChI=1S/C13H13N3O3/c14-9-3-1-2-8-11(9)13(19)16(12(8)18)7-4-5-10(17)15-6-7/h1-3,7H,4-6,14H2,(H,15,17). The van der Waals surface area contributed by atoms with Gasteiger partial charge in [-0.25, -0.2) is 0 Å². The maximum atomic E-state index is 12.3. The summed E-state index contributed by atoms with van der Waals surface area (Å²) in [5.41, 5.74) is 6.72. The largest absolute Gasteiger partial charge is 0.398 e. The van der Waals surface area contributed by atoms with Gasteiger partial charge >= 0.3 is 0 Å². The second kappa shape index (κ2) is 4.08. The first-order chi connectivity index (χ1) is 9.09. The van der Waals surface area contributed by atoms with E-state index < -0.39 is 0 Å². The van der Waals surface area contributed by atoms with Crippen LogP contribution in [0.2, 0.25) is 0 Å². The third-order valence-corrected chi connectivity index (χ3v) is 3.58. The fraction of sp³-hybridized carbons (Fsp3) is 0.308. The average Bonchev–Trinajstić information content (AvgIpc) is 2.65. The van der Waals surface area contributed by atoms with Crippen molar-refractivity contribution < 1.29 is 14.4 Å². The van der Waals surface area contributed by atoms with Crippen LogP contribution in [0.3, 0.4) is 0 Å². The highest BCUT2D eigenvalue weighted by atomic mass is 16.2. The monoisotopic (exact) mass is 259 g/mol. The van der Waals surface area contributed by atoms with Gasteiger partial charge < -0.3 is 11.1 Å². The van der Waals surface area contributed by atoms with Gasteiger partial charge in [0, 0.05) is 18.7 Å². The minimum Gasteiger partial charge on any atom is -0.398 e. The number of nitrogens with one attached hydrogen (secondary N) is 1. The number of piperidine rings is 1. The van der Waals surface area contributed by atoms with Gasteiger partial charge in [0.05, 0.1) is 17.2 Å². The van der Waals surface area contributed by atoms with Gasteiger partial charge in [-0.05, 0) is 18.6 Å². The zero-order valence-corrected chi connectivity index (χ0v) is 10.2. The molecule has 3 N–H and O–H groups in total. The molecule has 3 rings (SSSR count). The lowest BCUT2D eigenvalue weighted by Crippen LogP contribution is -2.50. The highest BCUT2D eigenvalue weighted by molar-refractivity contribution is 6.23. The van der Waals surface area contributed by atoms with E-state index in [4.69, 9.17) is 5.73 Å². The van der Waals surface area contributed by atoms with Gasteiger partial charge in [-0.1, -0.05) is 6.07 Å². The van der Waals surface area contributed by atoms with Gasteiger partial charge in [-0.15, -0.1) is 0 Å². The SMILES string of the molecule is Nc1cccc2c1C(=O)N(C1CCC(=O)NC1)C2=O. The molecule has 1 atom stereocenters. The van der Waals surface area contributed by atoms with Crippen LogP contribution in [0.4, 0.5) is 5.69 Å². The van der Waals surface area contributed by atoms with E-state index in [1.807, 2.05) is 0 Å². The van der Waals surface area contributed by atoms with Crippen molar-refractivity contribution in [2.75, 3.05) is 12.3 Å². The number of amides is 3. The summed E-state index contributed by atoms with van der Waals surface area (Å²) in [5, 5.41) is 2.68. The fourth-order valence-electron chi connectivity index (χ4n) is 2.60. The van der Waals surface area contributed by atoms with Crippen LogP contribution in [0.1, 0.15) is 33.6 Å². The number of nitrogens with two attached hydrogens (primary N) is 1. The number of carbonyl (C=O) groups excluding carboxylic acids is 3. The molecule has 2 aliphatic heterocycles. The molecule has 98 valence electrons. The number of anilines is 1. The number of hydrogen-bond acceptors (Lipinski definition) is 4. The first-order valence-corrected chi connectivity index (χ1v) is 6.12. The quantitative estimate of drug-likeness (QED) is 0.554. The van der Waals surface area contributed by atoms with E-state index in [-0.39, 0.29) is 29.3 Å². The highest BCUT2D eigenvalue weighted by Crippen LogP contribution is 2.30. The van der Waals surface area contributed by atoms with Crippen molar-refractivity contribution in [1.29, 1.82) is 0 Å². The average molecular weight is 259 g/mol. The van der Waals surface area contributed by atoms with Crippen molar-refractivity contribution in [3.8, 4) is 0 Å². The van der Waals surface area contributed by atoms with E-state index in [9.17, 15) is 14.4 Å². The molecule has 0 bridgehead atoms. The van der Waals surface area contributed by atoms with Crippen LogP contribution in [0.5, 0.6) is 0 Å². The van der Waals surface area contributed by atoms with E-state index in [2.05, 4.69) is 5.32 Å². The number of nitrogens with zero attached hydrogens (tertiary/aromatic N) is 1. The van der Waals surface area contributed by atoms with E-state index in [1.165, 1.54) is 4.90 Å². The molecule has 1 aromatic rings. The van der Waals surface area contributed by atoms with E-state index in [0.717, 1.165) is 0 Å². The van der Waals surface area contributed by atoms with Gasteiger partial charge in [0.25, 0.3) is 11.8 Å². The molecule has 1 unspecified atom stereocenters. The zero-order chi connectivity index (χ0) is 13.6. The molecule has 0 aromatic heterocycles. The van der Waals surface area contributed by atoms with Crippen molar-refractivity contribution in [2.45, 2.75) is 18.9 Å². The number of imide groups is 1. The van der Waals surface area contributed by atoms with Gasteiger partial charge in [-0.3, -0.25) is 19.3 Å². The lowest BCUT2D eigenvalue weighted by atomic mass is 10.1. The Labute approximate surface area is 109 Å². The van der Waals surface area contributed by atoms with Crippen molar-refractivity contribution >= 4 is 23.4 Å². The Kier molecular flexibility index (Phi) is 2.51. The first kappa shape index (κ1) is 11.7. The third kappa shape index (κ3) is 1.68. The van der Waals surface area contributed by atoms with Crippen LogP contribution in [0.25, 0.3) is 0 Å². The summed E-state index contributed by atoms with van der Waals surface area (Å²) in [6.45, 7) is 0.310. The Morgan fingerprint density at radius 1 is 1.21 bits per heavy atom. The molecule has 2 aliphatic rings. The number of benzene rings is 1. The van der Waals surface area contributed by atoms with Gasteiger partial charge in [0.1, 0.15) is 0 Å². The van der Waals surface area contributed by atoms with Crippen molar-refractivity contribution in [1.82, 2.24) is 10.2 Å². The topological polar surface area (TPSA) is 92.5 Å². The van der Waals surface area contributed by atoms with Crippen LogP contribution < -0.4 is 11.1 Å². The number of hydrogen-bond donors (Lipinski definition) is 2. The summed E-state index contributed by atoms with van der Waals surface area (Å²) in [6, 6.07) is 4.58. The number of rotatable bonds is 1. The Morgan fingerprint density at radius 2 is 2.00 bits per heavy atom. The van der Waals surface area contributed by atoms with Gasteiger partial charge in [0.2, 0.25) is 5.91 Å². The summed E-state index contributed by atoms with van der Waals surface area (Å²) in [5.74, 6) is -0.736. The predicted octanol–water partition coefficient (Wildman–Crippen LogP) is 0.143. The minimum absolute atomic E-state index is 0.0487. The smallest absolute Gasteiger partial charge is 0.263 e. The third-order valence-electron chi connectivity index (χ3n) is 3.58. The molecule has 1 fully saturated rings. The van der Waals surface area contributed by atoms with Crippen LogP contribution in [0, 0.1) is 0 Å². The predicted molar refractivity (Wildman–Crippen MR) is 67.4 cm³/mol. The molecule has 2 heterocycles. The Hall–Kier alpha value is -2.37. The first-order valence-electron chi connectivity index (χ1n) is 6.12. The summed E-state index contributed by atoms with van der Waals surface area (Å²) in [7, 11) is 0. The van der Waals surface area contributed by atoms with Crippen LogP contribution in [-0.4, -0.2) is 35.2 Å². The van der Waals surface area contributed by atoms with E-state index in [0.29, 0.717) is 30.6 Å². The van der Waals surface area contributed by atoms with Crippen molar-refractivity contribution in [2.24, 2.45) is 0 Å². The minimum atomic E-state index is -0.362. The molecule has 19 heavy (non-hydrogen) atoms. The summed E-state index contributed by atoms with van der Waals surface area (Å²) >= 11 is 0. The Balaban J connectivity index is 1.94. The molecule has 0 saturated carbocycles. The van der Waals surface area contributed by atoms with Crippen LogP contribution in [-0.2, 0) is 4.79 Å². The van der Waals surface area contributed by atoms with Crippen molar-refractivity contribution in [3.63, 3.8) is 0 Å².